The van der Waals surface area contributed by atoms with Gasteiger partial charge < -0.3 is 14.8 Å². The van der Waals surface area contributed by atoms with Crippen molar-refractivity contribution >= 4 is 0 Å². The van der Waals surface area contributed by atoms with Crippen LogP contribution < -0.4 is 10.1 Å². The monoisotopic (exact) mass is 275 g/mol. The second kappa shape index (κ2) is 6.59. The van der Waals surface area contributed by atoms with E-state index in [1.807, 2.05) is 12.1 Å². The van der Waals surface area contributed by atoms with Gasteiger partial charge >= 0.3 is 0 Å². The Hall–Kier alpha value is -1.06. The Balaban J connectivity index is 1.56. The summed E-state index contributed by atoms with van der Waals surface area (Å²) in [5, 5.41) is 3.51. The largest absolute Gasteiger partial charge is 0.497 e. The lowest BCUT2D eigenvalue weighted by Gasteiger charge is -2.32. The molecule has 1 N–H and O–H groups in total. The Labute approximate surface area is 121 Å². The maximum atomic E-state index is 6.17. The van der Waals surface area contributed by atoms with Crippen molar-refractivity contribution in [2.24, 2.45) is 11.8 Å². The molecule has 0 radical (unpaired) electrons. The van der Waals surface area contributed by atoms with Crippen LogP contribution in [0.2, 0.25) is 0 Å². The second-order valence-corrected chi connectivity index (χ2v) is 6.12. The maximum absolute atomic E-state index is 6.17. The number of piperidine rings is 1. The van der Waals surface area contributed by atoms with Gasteiger partial charge in [-0.05, 0) is 55.8 Å². The summed E-state index contributed by atoms with van der Waals surface area (Å²) in [4.78, 5) is 0. The Kier molecular flexibility index (Phi) is 4.58. The second-order valence-electron chi connectivity index (χ2n) is 6.12. The summed E-state index contributed by atoms with van der Waals surface area (Å²) < 4.78 is 11.4. The van der Waals surface area contributed by atoms with Crippen LogP contribution in [0.25, 0.3) is 0 Å². The van der Waals surface area contributed by atoms with E-state index in [2.05, 4.69) is 17.4 Å². The van der Waals surface area contributed by atoms with Crippen molar-refractivity contribution in [1.29, 1.82) is 0 Å². The molecule has 20 heavy (non-hydrogen) atoms. The minimum absolute atomic E-state index is 0.430. The highest BCUT2D eigenvalue weighted by Crippen LogP contribution is 2.31. The number of nitrogens with one attached hydrogen (secondary N) is 1. The van der Waals surface area contributed by atoms with E-state index in [0.717, 1.165) is 44.2 Å². The average molecular weight is 275 g/mol. The topological polar surface area (TPSA) is 30.5 Å². The molecular formula is C17H25NO2. The summed E-state index contributed by atoms with van der Waals surface area (Å²) in [6.45, 7) is 3.14. The molecule has 2 fully saturated rings. The van der Waals surface area contributed by atoms with Crippen LogP contribution in [-0.2, 0) is 11.2 Å². The van der Waals surface area contributed by atoms with Crippen LogP contribution in [0.15, 0.2) is 24.3 Å². The Bertz CT molecular complexity index is 414. The van der Waals surface area contributed by atoms with Gasteiger partial charge in [-0.3, -0.25) is 0 Å². The lowest BCUT2D eigenvalue weighted by atomic mass is 9.89. The van der Waals surface area contributed by atoms with Crippen LogP contribution >= 0.6 is 0 Å². The van der Waals surface area contributed by atoms with Gasteiger partial charge in [0.25, 0.3) is 0 Å². The molecule has 1 aliphatic heterocycles. The van der Waals surface area contributed by atoms with Crippen molar-refractivity contribution in [3.8, 4) is 5.75 Å². The quantitative estimate of drug-likeness (QED) is 0.866. The van der Waals surface area contributed by atoms with Gasteiger partial charge in [0.05, 0.1) is 13.2 Å². The van der Waals surface area contributed by atoms with Crippen LogP contribution in [0.1, 0.15) is 24.8 Å². The van der Waals surface area contributed by atoms with Gasteiger partial charge in [0.2, 0.25) is 0 Å². The van der Waals surface area contributed by atoms with Gasteiger partial charge in [-0.2, -0.15) is 0 Å². The Morgan fingerprint density at radius 3 is 2.65 bits per heavy atom. The highest BCUT2D eigenvalue weighted by Gasteiger charge is 2.29. The van der Waals surface area contributed by atoms with E-state index in [9.17, 15) is 0 Å². The van der Waals surface area contributed by atoms with Crippen LogP contribution in [0.5, 0.6) is 5.75 Å². The predicted molar refractivity (Wildman–Crippen MR) is 80.1 cm³/mol. The van der Waals surface area contributed by atoms with Crippen LogP contribution in [0, 0.1) is 11.8 Å². The fraction of sp³-hybridized carbons (Fsp3) is 0.647. The smallest absolute Gasteiger partial charge is 0.118 e. The Morgan fingerprint density at radius 1 is 1.15 bits per heavy atom. The zero-order valence-corrected chi connectivity index (χ0v) is 12.3. The number of hydrogen-bond acceptors (Lipinski definition) is 3. The highest BCUT2D eigenvalue weighted by atomic mass is 16.5. The summed E-state index contributed by atoms with van der Waals surface area (Å²) in [6.07, 6.45) is 5.40. The molecule has 3 rings (SSSR count). The van der Waals surface area contributed by atoms with Gasteiger partial charge in [-0.15, -0.1) is 0 Å². The summed E-state index contributed by atoms with van der Waals surface area (Å²) in [7, 11) is 1.71. The van der Waals surface area contributed by atoms with E-state index in [0.29, 0.717) is 12.0 Å². The molecule has 3 heteroatoms. The number of rotatable bonds is 6. The SMILES string of the molecule is COc1ccc(C[C@H]2CNCC[C@@H]2OCC2CC2)cc1. The number of methoxy groups -OCH3 is 1. The van der Waals surface area contributed by atoms with Gasteiger partial charge in [0.1, 0.15) is 5.75 Å². The average Bonchev–Trinajstić information content (AvgIpc) is 3.31. The molecule has 1 heterocycles. The summed E-state index contributed by atoms with van der Waals surface area (Å²) >= 11 is 0. The minimum atomic E-state index is 0.430. The van der Waals surface area contributed by atoms with Crippen molar-refractivity contribution in [3.63, 3.8) is 0 Å². The molecular weight excluding hydrogens is 250 g/mol. The van der Waals surface area contributed by atoms with E-state index in [4.69, 9.17) is 9.47 Å². The Morgan fingerprint density at radius 2 is 1.95 bits per heavy atom. The van der Waals surface area contributed by atoms with Crippen LogP contribution in [-0.4, -0.2) is 32.9 Å². The zero-order chi connectivity index (χ0) is 13.8. The molecule has 2 atom stereocenters. The van der Waals surface area contributed by atoms with E-state index >= 15 is 0 Å². The van der Waals surface area contributed by atoms with Crippen molar-refractivity contribution in [2.45, 2.75) is 31.8 Å². The van der Waals surface area contributed by atoms with E-state index in [1.165, 1.54) is 18.4 Å². The van der Waals surface area contributed by atoms with Gasteiger partial charge in [0.15, 0.2) is 0 Å². The summed E-state index contributed by atoms with van der Waals surface area (Å²) in [6, 6.07) is 8.44. The molecule has 1 aromatic rings. The molecule has 0 aromatic heterocycles. The molecule has 1 aliphatic carbocycles. The maximum Gasteiger partial charge on any atom is 0.118 e. The molecule has 1 aromatic carbocycles. The van der Waals surface area contributed by atoms with Gasteiger partial charge in [0, 0.05) is 19.1 Å². The molecule has 0 unspecified atom stereocenters. The predicted octanol–water partition coefficient (Wildman–Crippen LogP) is 2.64. The normalized spacial score (nSPS) is 26.4. The third kappa shape index (κ3) is 3.74. The van der Waals surface area contributed by atoms with Crippen LogP contribution in [0.4, 0.5) is 0 Å². The van der Waals surface area contributed by atoms with Crippen molar-refractivity contribution in [3.05, 3.63) is 29.8 Å². The minimum Gasteiger partial charge on any atom is -0.497 e. The first-order valence-electron chi connectivity index (χ1n) is 7.80. The van der Waals surface area contributed by atoms with Gasteiger partial charge in [-0.1, -0.05) is 12.1 Å². The van der Waals surface area contributed by atoms with Crippen molar-refractivity contribution in [2.75, 3.05) is 26.8 Å². The van der Waals surface area contributed by atoms with Crippen molar-refractivity contribution in [1.82, 2.24) is 5.32 Å². The van der Waals surface area contributed by atoms with Gasteiger partial charge in [-0.25, -0.2) is 0 Å². The fourth-order valence-corrected chi connectivity index (χ4v) is 2.93. The van der Waals surface area contributed by atoms with Crippen molar-refractivity contribution < 1.29 is 9.47 Å². The first kappa shape index (κ1) is 13.9. The molecule has 1 saturated heterocycles. The lowest BCUT2D eigenvalue weighted by molar-refractivity contribution is -0.00978. The molecule has 0 amide bonds. The molecule has 2 aliphatic rings. The first-order valence-corrected chi connectivity index (χ1v) is 7.80. The zero-order valence-electron chi connectivity index (χ0n) is 12.3. The molecule has 3 nitrogen and oxygen atoms in total. The molecule has 0 spiro atoms. The fourth-order valence-electron chi connectivity index (χ4n) is 2.93. The molecule has 110 valence electrons. The summed E-state index contributed by atoms with van der Waals surface area (Å²) in [5.41, 5.74) is 1.37. The van der Waals surface area contributed by atoms with E-state index in [-0.39, 0.29) is 0 Å². The van der Waals surface area contributed by atoms with Crippen LogP contribution in [0.3, 0.4) is 0 Å². The molecule has 1 saturated carbocycles. The lowest BCUT2D eigenvalue weighted by Crippen LogP contribution is -2.42. The number of benzene rings is 1. The van der Waals surface area contributed by atoms with E-state index in [1.54, 1.807) is 7.11 Å². The highest BCUT2D eigenvalue weighted by molar-refractivity contribution is 5.27. The number of hydrogen-bond donors (Lipinski definition) is 1. The number of ether oxygens (including phenoxy) is 2. The molecule has 0 bridgehead atoms. The standard InChI is InChI=1S/C17H25NO2/c1-19-16-6-4-13(5-7-16)10-15-11-18-9-8-17(15)20-12-14-2-3-14/h4-7,14-15,17-18H,2-3,8-12H2,1H3/t15-,17-/m0/s1. The third-order valence-corrected chi connectivity index (χ3v) is 4.44. The first-order chi connectivity index (χ1) is 9.85. The van der Waals surface area contributed by atoms with E-state index < -0.39 is 0 Å². The third-order valence-electron chi connectivity index (χ3n) is 4.44. The summed E-state index contributed by atoms with van der Waals surface area (Å²) in [5.74, 6) is 2.37.